The number of rotatable bonds is 5. The molecule has 1 aromatic heterocycles. The van der Waals surface area contributed by atoms with Gasteiger partial charge in [0.05, 0.1) is 12.6 Å². The second-order valence-electron chi connectivity index (χ2n) is 6.90. The van der Waals surface area contributed by atoms with E-state index in [4.69, 9.17) is 4.74 Å². The zero-order valence-corrected chi connectivity index (χ0v) is 15.1. The Morgan fingerprint density at radius 1 is 1.24 bits per heavy atom. The molecule has 1 aliphatic heterocycles. The number of amides is 1. The highest BCUT2D eigenvalue weighted by Crippen LogP contribution is 2.26. The van der Waals surface area contributed by atoms with Crippen molar-refractivity contribution in [3.63, 3.8) is 0 Å². The van der Waals surface area contributed by atoms with E-state index in [0.717, 1.165) is 44.5 Å². The summed E-state index contributed by atoms with van der Waals surface area (Å²) in [7, 11) is 0. The Morgan fingerprint density at radius 2 is 2.12 bits per heavy atom. The lowest BCUT2D eigenvalue weighted by Crippen LogP contribution is -2.47. The summed E-state index contributed by atoms with van der Waals surface area (Å²) in [6, 6.07) is 12.2. The summed E-state index contributed by atoms with van der Waals surface area (Å²) in [5.41, 5.74) is 1.38. The minimum Gasteiger partial charge on any atom is -0.488 e. The summed E-state index contributed by atoms with van der Waals surface area (Å²) >= 11 is 1.83. The minimum absolute atomic E-state index is 0.0798. The van der Waals surface area contributed by atoms with Gasteiger partial charge in [-0.25, -0.2) is 0 Å². The van der Waals surface area contributed by atoms with Crippen LogP contribution >= 0.6 is 11.3 Å². The van der Waals surface area contributed by atoms with Crippen LogP contribution in [0.15, 0.2) is 41.8 Å². The van der Waals surface area contributed by atoms with Crippen LogP contribution in [0.3, 0.4) is 0 Å². The fourth-order valence-corrected chi connectivity index (χ4v) is 4.69. The van der Waals surface area contributed by atoms with E-state index in [1.807, 2.05) is 41.7 Å². The van der Waals surface area contributed by atoms with Crippen molar-refractivity contribution in [1.82, 2.24) is 10.2 Å². The maximum atomic E-state index is 12.5. The van der Waals surface area contributed by atoms with Crippen LogP contribution in [0, 0.1) is 0 Å². The molecule has 2 aliphatic rings. The van der Waals surface area contributed by atoms with E-state index >= 15 is 0 Å². The van der Waals surface area contributed by atoms with Crippen molar-refractivity contribution in [1.29, 1.82) is 0 Å². The van der Waals surface area contributed by atoms with Gasteiger partial charge < -0.3 is 10.1 Å². The van der Waals surface area contributed by atoms with Gasteiger partial charge in [-0.3, -0.25) is 9.69 Å². The van der Waals surface area contributed by atoms with Crippen LogP contribution in [0.5, 0.6) is 5.75 Å². The summed E-state index contributed by atoms with van der Waals surface area (Å²) in [4.78, 5) is 16.2. The molecule has 25 heavy (non-hydrogen) atoms. The number of carbonyl (C=O) groups is 1. The quantitative estimate of drug-likeness (QED) is 0.894. The lowest BCUT2D eigenvalue weighted by molar-refractivity contribution is -0.123. The van der Waals surface area contributed by atoms with Crippen molar-refractivity contribution in [2.75, 3.05) is 13.1 Å². The summed E-state index contributed by atoms with van der Waals surface area (Å²) < 4.78 is 6.09. The zero-order chi connectivity index (χ0) is 17.1. The molecule has 2 heterocycles. The Morgan fingerprint density at radius 3 is 3.00 bits per heavy atom. The fourth-order valence-electron chi connectivity index (χ4n) is 3.80. The zero-order valence-electron chi connectivity index (χ0n) is 14.3. The van der Waals surface area contributed by atoms with Gasteiger partial charge >= 0.3 is 0 Å². The lowest BCUT2D eigenvalue weighted by Gasteiger charge is -2.28. The molecular weight excluding hydrogens is 332 g/mol. The highest BCUT2D eigenvalue weighted by molar-refractivity contribution is 7.10. The number of fused-ring (bicyclic) bond motifs is 1. The predicted octanol–water partition coefficient (Wildman–Crippen LogP) is 3.22. The van der Waals surface area contributed by atoms with Crippen molar-refractivity contribution in [3.8, 4) is 5.75 Å². The molecule has 1 N–H and O–H groups in total. The van der Waals surface area contributed by atoms with Crippen molar-refractivity contribution in [2.24, 2.45) is 0 Å². The van der Waals surface area contributed by atoms with Crippen LogP contribution in [0.4, 0.5) is 0 Å². The molecule has 5 heteroatoms. The second-order valence-corrected chi connectivity index (χ2v) is 7.90. The fraction of sp³-hybridized carbons (Fsp3) is 0.450. The first-order chi connectivity index (χ1) is 12.3. The highest BCUT2D eigenvalue weighted by atomic mass is 32.1. The third-order valence-corrected chi connectivity index (χ3v) is 6.11. The Kier molecular flexibility index (Phi) is 5.04. The van der Waals surface area contributed by atoms with Gasteiger partial charge in [-0.15, -0.1) is 11.3 Å². The van der Waals surface area contributed by atoms with Crippen molar-refractivity contribution < 1.29 is 9.53 Å². The number of thiophene rings is 1. The molecule has 4 rings (SSSR count). The van der Waals surface area contributed by atoms with E-state index in [-0.39, 0.29) is 18.1 Å². The standard InChI is InChI=1S/C20H24N2O2S/c23-20(14-22-11-9-19-15(13-22)10-12-25-19)21-17-7-4-8-18(17)24-16-5-2-1-3-6-16/h1-3,5-6,10,12,17-18H,4,7-9,11,13-14H2,(H,21,23)/t17-,18+/m0/s1. The van der Waals surface area contributed by atoms with Gasteiger partial charge in [0.15, 0.2) is 0 Å². The van der Waals surface area contributed by atoms with E-state index in [0.29, 0.717) is 6.54 Å². The number of para-hydroxylation sites is 1. The average Bonchev–Trinajstić information content (AvgIpc) is 3.25. The molecule has 1 saturated carbocycles. The Balaban J connectivity index is 1.30. The van der Waals surface area contributed by atoms with Crippen LogP contribution in [0.2, 0.25) is 0 Å². The summed E-state index contributed by atoms with van der Waals surface area (Å²) in [6.45, 7) is 2.33. The van der Waals surface area contributed by atoms with E-state index in [1.165, 1.54) is 10.4 Å². The third kappa shape index (κ3) is 4.05. The van der Waals surface area contributed by atoms with Gasteiger partial charge in [-0.2, -0.15) is 0 Å². The molecule has 0 unspecified atom stereocenters. The Labute approximate surface area is 152 Å². The number of benzene rings is 1. The smallest absolute Gasteiger partial charge is 0.234 e. The molecule has 0 saturated heterocycles. The summed E-state index contributed by atoms with van der Waals surface area (Å²) in [5, 5.41) is 5.36. The number of nitrogens with zero attached hydrogens (tertiary/aromatic N) is 1. The van der Waals surface area contributed by atoms with E-state index in [9.17, 15) is 4.79 Å². The average molecular weight is 356 g/mol. The van der Waals surface area contributed by atoms with Gasteiger partial charge in [0.1, 0.15) is 11.9 Å². The Hall–Kier alpha value is -1.85. The van der Waals surface area contributed by atoms with Gasteiger partial charge in [0.2, 0.25) is 5.91 Å². The number of ether oxygens (including phenoxy) is 1. The van der Waals surface area contributed by atoms with Crippen molar-refractivity contribution >= 4 is 17.2 Å². The SMILES string of the molecule is O=C(CN1CCc2sccc2C1)N[C@H]1CCC[C@H]1Oc1ccccc1. The largest absolute Gasteiger partial charge is 0.488 e. The first-order valence-corrected chi connectivity index (χ1v) is 9.94. The molecule has 1 aromatic carbocycles. The van der Waals surface area contributed by atoms with Crippen LogP contribution in [-0.2, 0) is 17.8 Å². The monoisotopic (exact) mass is 356 g/mol. The first-order valence-electron chi connectivity index (χ1n) is 9.06. The number of carbonyl (C=O) groups excluding carboxylic acids is 1. The highest BCUT2D eigenvalue weighted by Gasteiger charge is 2.31. The topological polar surface area (TPSA) is 41.6 Å². The third-order valence-electron chi connectivity index (χ3n) is 5.08. The van der Waals surface area contributed by atoms with Gasteiger partial charge in [0, 0.05) is 18.0 Å². The molecule has 2 aromatic rings. The normalized spacial score (nSPS) is 23.2. The van der Waals surface area contributed by atoms with Crippen LogP contribution in [-0.4, -0.2) is 36.0 Å². The molecule has 1 amide bonds. The van der Waals surface area contributed by atoms with E-state index in [2.05, 4.69) is 21.7 Å². The van der Waals surface area contributed by atoms with Crippen LogP contribution < -0.4 is 10.1 Å². The number of hydrogen-bond acceptors (Lipinski definition) is 4. The minimum atomic E-state index is 0.0798. The summed E-state index contributed by atoms with van der Waals surface area (Å²) in [6.07, 6.45) is 4.24. The molecular formula is C20H24N2O2S. The molecule has 0 bridgehead atoms. The predicted molar refractivity (Wildman–Crippen MR) is 99.9 cm³/mol. The number of nitrogens with one attached hydrogen (secondary N) is 1. The molecule has 0 spiro atoms. The van der Waals surface area contributed by atoms with Crippen LogP contribution in [0.1, 0.15) is 29.7 Å². The molecule has 4 nitrogen and oxygen atoms in total. The van der Waals surface area contributed by atoms with E-state index < -0.39 is 0 Å². The lowest BCUT2D eigenvalue weighted by atomic mass is 10.1. The Bertz CT molecular complexity index is 715. The molecule has 1 fully saturated rings. The van der Waals surface area contributed by atoms with Crippen molar-refractivity contribution in [2.45, 2.75) is 44.4 Å². The number of hydrogen-bond donors (Lipinski definition) is 1. The van der Waals surface area contributed by atoms with Gasteiger partial charge in [0.25, 0.3) is 0 Å². The molecule has 1 aliphatic carbocycles. The first kappa shape index (κ1) is 16.6. The second kappa shape index (κ2) is 7.58. The molecule has 2 atom stereocenters. The molecule has 0 radical (unpaired) electrons. The van der Waals surface area contributed by atoms with Gasteiger partial charge in [-0.05, 0) is 54.8 Å². The molecule has 132 valence electrons. The van der Waals surface area contributed by atoms with Crippen LogP contribution in [0.25, 0.3) is 0 Å². The maximum Gasteiger partial charge on any atom is 0.234 e. The van der Waals surface area contributed by atoms with Crippen molar-refractivity contribution in [3.05, 3.63) is 52.2 Å². The summed E-state index contributed by atoms with van der Waals surface area (Å²) in [5.74, 6) is 1.00. The maximum absolute atomic E-state index is 12.5. The van der Waals surface area contributed by atoms with Gasteiger partial charge in [-0.1, -0.05) is 18.2 Å². The van der Waals surface area contributed by atoms with E-state index in [1.54, 1.807) is 0 Å².